The first-order valence-corrected chi connectivity index (χ1v) is 5.39. The van der Waals surface area contributed by atoms with Gasteiger partial charge in [0.15, 0.2) is 0 Å². The Kier molecular flexibility index (Phi) is 3.74. The van der Waals surface area contributed by atoms with Gasteiger partial charge in [0.05, 0.1) is 0 Å². The molecule has 13 heavy (non-hydrogen) atoms. The summed E-state index contributed by atoms with van der Waals surface area (Å²) in [7, 11) is 4.36. The third kappa shape index (κ3) is 3.28. The van der Waals surface area contributed by atoms with E-state index in [1.807, 2.05) is 0 Å². The van der Waals surface area contributed by atoms with Gasteiger partial charge in [-0.15, -0.1) is 0 Å². The fraction of sp³-hybridized carbons (Fsp3) is 1.00. The molecular formula is C11H24N2. The summed E-state index contributed by atoms with van der Waals surface area (Å²) in [6.45, 7) is 8.31. The van der Waals surface area contributed by atoms with Gasteiger partial charge in [0, 0.05) is 13.1 Å². The Morgan fingerprint density at radius 2 is 2.08 bits per heavy atom. The molecule has 0 aromatic carbocycles. The van der Waals surface area contributed by atoms with E-state index in [1.165, 1.54) is 32.5 Å². The quantitative estimate of drug-likeness (QED) is 0.713. The summed E-state index contributed by atoms with van der Waals surface area (Å²) < 4.78 is 0. The zero-order valence-corrected chi connectivity index (χ0v) is 9.56. The van der Waals surface area contributed by atoms with Crippen LogP contribution in [-0.2, 0) is 0 Å². The lowest BCUT2D eigenvalue weighted by atomic mass is 9.79. The van der Waals surface area contributed by atoms with Crippen molar-refractivity contribution in [2.75, 3.05) is 33.7 Å². The van der Waals surface area contributed by atoms with E-state index in [2.05, 4.69) is 38.2 Å². The highest BCUT2D eigenvalue weighted by atomic mass is 15.1. The summed E-state index contributed by atoms with van der Waals surface area (Å²) in [6, 6.07) is 0. The normalized spacial score (nSPS) is 29.1. The molecule has 2 heteroatoms. The predicted molar refractivity (Wildman–Crippen MR) is 57.9 cm³/mol. The number of hydrogen-bond donors (Lipinski definition) is 1. The van der Waals surface area contributed by atoms with Gasteiger partial charge < -0.3 is 10.2 Å². The molecule has 0 spiro atoms. The van der Waals surface area contributed by atoms with Crippen LogP contribution in [0, 0.1) is 11.3 Å². The second-order valence-corrected chi connectivity index (χ2v) is 5.26. The molecule has 1 atom stereocenters. The molecule has 78 valence electrons. The third-order valence-electron chi connectivity index (χ3n) is 2.83. The summed E-state index contributed by atoms with van der Waals surface area (Å²) in [4.78, 5) is 2.33. The zero-order valence-electron chi connectivity index (χ0n) is 9.56. The van der Waals surface area contributed by atoms with Crippen molar-refractivity contribution in [3.63, 3.8) is 0 Å². The lowest BCUT2D eigenvalue weighted by Gasteiger charge is -2.33. The Balaban J connectivity index is 2.52. The second-order valence-electron chi connectivity index (χ2n) is 5.26. The van der Waals surface area contributed by atoms with Crippen molar-refractivity contribution in [3.8, 4) is 0 Å². The first-order valence-electron chi connectivity index (χ1n) is 5.39. The van der Waals surface area contributed by atoms with Crippen LogP contribution in [0.4, 0.5) is 0 Å². The van der Waals surface area contributed by atoms with Gasteiger partial charge in [-0.1, -0.05) is 13.8 Å². The average Bonchev–Trinajstić information content (AvgIpc) is 2.33. The van der Waals surface area contributed by atoms with E-state index in [1.54, 1.807) is 0 Å². The SMILES string of the molecule is CC(C)CC1(CN(C)C)CCNC1. The Bertz CT molecular complexity index is 134. The van der Waals surface area contributed by atoms with Crippen molar-refractivity contribution in [3.05, 3.63) is 0 Å². The van der Waals surface area contributed by atoms with Crippen molar-refractivity contribution in [2.45, 2.75) is 26.7 Å². The molecule has 0 radical (unpaired) electrons. The lowest BCUT2D eigenvalue weighted by molar-refractivity contribution is 0.181. The molecule has 1 unspecified atom stereocenters. The van der Waals surface area contributed by atoms with Crippen molar-refractivity contribution in [2.24, 2.45) is 11.3 Å². The maximum Gasteiger partial charge on any atom is 0.00446 e. The van der Waals surface area contributed by atoms with Crippen LogP contribution in [0.1, 0.15) is 26.7 Å². The number of hydrogen-bond acceptors (Lipinski definition) is 2. The number of nitrogens with one attached hydrogen (secondary N) is 1. The molecule has 0 amide bonds. The van der Waals surface area contributed by atoms with Crippen LogP contribution in [0.5, 0.6) is 0 Å². The van der Waals surface area contributed by atoms with E-state index in [4.69, 9.17) is 0 Å². The smallest absolute Gasteiger partial charge is 0.00446 e. The van der Waals surface area contributed by atoms with Crippen LogP contribution >= 0.6 is 0 Å². The summed E-state index contributed by atoms with van der Waals surface area (Å²) in [5.74, 6) is 0.819. The van der Waals surface area contributed by atoms with Gasteiger partial charge in [-0.05, 0) is 44.8 Å². The highest BCUT2D eigenvalue weighted by molar-refractivity contribution is 4.90. The molecule has 1 saturated heterocycles. The largest absolute Gasteiger partial charge is 0.316 e. The van der Waals surface area contributed by atoms with Gasteiger partial charge in [-0.2, -0.15) is 0 Å². The minimum atomic E-state index is 0.553. The van der Waals surface area contributed by atoms with E-state index in [-0.39, 0.29) is 0 Å². The van der Waals surface area contributed by atoms with E-state index < -0.39 is 0 Å². The maximum absolute atomic E-state index is 3.50. The van der Waals surface area contributed by atoms with Crippen LogP contribution in [0.15, 0.2) is 0 Å². The summed E-state index contributed by atoms with van der Waals surface area (Å²) in [5.41, 5.74) is 0.553. The Labute approximate surface area is 82.7 Å². The molecule has 0 aromatic heterocycles. The topological polar surface area (TPSA) is 15.3 Å². The predicted octanol–water partition coefficient (Wildman–Crippen LogP) is 1.57. The maximum atomic E-state index is 3.50. The van der Waals surface area contributed by atoms with Crippen LogP contribution in [-0.4, -0.2) is 38.6 Å². The molecular weight excluding hydrogens is 160 g/mol. The van der Waals surface area contributed by atoms with Crippen LogP contribution in [0.3, 0.4) is 0 Å². The number of nitrogens with zero attached hydrogens (tertiary/aromatic N) is 1. The molecule has 1 heterocycles. The highest BCUT2D eigenvalue weighted by Crippen LogP contribution is 2.33. The first kappa shape index (κ1) is 11.0. The third-order valence-corrected chi connectivity index (χ3v) is 2.83. The van der Waals surface area contributed by atoms with E-state index in [0.29, 0.717) is 5.41 Å². The van der Waals surface area contributed by atoms with Gasteiger partial charge in [0.1, 0.15) is 0 Å². The molecule has 0 aromatic rings. The molecule has 1 aliphatic rings. The number of rotatable bonds is 4. The monoisotopic (exact) mass is 184 g/mol. The molecule has 1 rings (SSSR count). The molecule has 0 saturated carbocycles. The van der Waals surface area contributed by atoms with Crippen molar-refractivity contribution >= 4 is 0 Å². The van der Waals surface area contributed by atoms with Crippen molar-refractivity contribution in [1.29, 1.82) is 0 Å². The molecule has 0 aliphatic carbocycles. The Morgan fingerprint density at radius 1 is 1.38 bits per heavy atom. The molecule has 1 N–H and O–H groups in total. The van der Waals surface area contributed by atoms with Crippen LogP contribution in [0.2, 0.25) is 0 Å². The summed E-state index contributed by atoms with van der Waals surface area (Å²) in [5, 5.41) is 3.50. The minimum absolute atomic E-state index is 0.553. The zero-order chi connectivity index (χ0) is 9.90. The van der Waals surface area contributed by atoms with Gasteiger partial charge in [-0.25, -0.2) is 0 Å². The molecule has 1 fully saturated rings. The summed E-state index contributed by atoms with van der Waals surface area (Å²) in [6.07, 6.45) is 2.71. The molecule has 0 bridgehead atoms. The van der Waals surface area contributed by atoms with Gasteiger partial charge in [0.2, 0.25) is 0 Å². The average molecular weight is 184 g/mol. The second kappa shape index (κ2) is 4.43. The standard InChI is InChI=1S/C11H24N2/c1-10(2)7-11(9-13(3)4)5-6-12-8-11/h10,12H,5-9H2,1-4H3. The van der Waals surface area contributed by atoms with E-state index in [9.17, 15) is 0 Å². The van der Waals surface area contributed by atoms with Crippen LogP contribution < -0.4 is 5.32 Å². The van der Waals surface area contributed by atoms with Gasteiger partial charge in [-0.3, -0.25) is 0 Å². The lowest BCUT2D eigenvalue weighted by Crippen LogP contribution is -2.36. The minimum Gasteiger partial charge on any atom is -0.316 e. The Hall–Kier alpha value is -0.0800. The fourth-order valence-electron chi connectivity index (χ4n) is 2.71. The van der Waals surface area contributed by atoms with E-state index in [0.717, 1.165) is 5.92 Å². The first-order chi connectivity index (χ1) is 6.04. The Morgan fingerprint density at radius 3 is 2.46 bits per heavy atom. The highest BCUT2D eigenvalue weighted by Gasteiger charge is 2.34. The fourth-order valence-corrected chi connectivity index (χ4v) is 2.71. The van der Waals surface area contributed by atoms with Gasteiger partial charge >= 0.3 is 0 Å². The van der Waals surface area contributed by atoms with Crippen molar-refractivity contribution < 1.29 is 0 Å². The molecule has 1 aliphatic heterocycles. The van der Waals surface area contributed by atoms with Crippen LogP contribution in [0.25, 0.3) is 0 Å². The summed E-state index contributed by atoms with van der Waals surface area (Å²) >= 11 is 0. The van der Waals surface area contributed by atoms with E-state index >= 15 is 0 Å². The van der Waals surface area contributed by atoms with Crippen molar-refractivity contribution in [1.82, 2.24) is 10.2 Å². The van der Waals surface area contributed by atoms with Gasteiger partial charge in [0.25, 0.3) is 0 Å². The molecule has 2 nitrogen and oxygen atoms in total.